The van der Waals surface area contributed by atoms with Crippen LogP contribution < -0.4 is 11.3 Å². The van der Waals surface area contributed by atoms with Gasteiger partial charge in [0.2, 0.25) is 0 Å². The van der Waals surface area contributed by atoms with Gasteiger partial charge in [-0.1, -0.05) is 4.49 Å². The molecule has 5 nitrogen and oxygen atoms in total. The Balaban J connectivity index is 2.07. The van der Waals surface area contributed by atoms with E-state index in [2.05, 4.69) is 15.0 Å². The van der Waals surface area contributed by atoms with Crippen molar-refractivity contribution in [2.24, 2.45) is 5.84 Å². The maximum absolute atomic E-state index is 13.1. The second-order valence-corrected chi connectivity index (χ2v) is 4.57. The fourth-order valence-corrected chi connectivity index (χ4v) is 2.36. The lowest BCUT2D eigenvalue weighted by molar-refractivity contribution is 0.480. The van der Waals surface area contributed by atoms with Gasteiger partial charge in [-0.3, -0.25) is 5.84 Å². The number of nitrogens with zero attached hydrogens (tertiary/aromatic N) is 2. The highest BCUT2D eigenvalue weighted by Gasteiger charge is 2.19. The first kappa shape index (κ1) is 11.3. The normalized spacial score (nSPS) is 13.0. The van der Waals surface area contributed by atoms with Crippen LogP contribution in [0.3, 0.4) is 0 Å². The third-order valence-corrected chi connectivity index (χ3v) is 3.34. The molecule has 7 heteroatoms. The van der Waals surface area contributed by atoms with Gasteiger partial charge in [0.15, 0.2) is 0 Å². The van der Waals surface area contributed by atoms with E-state index in [1.165, 1.54) is 23.7 Å². The first-order valence-electron chi connectivity index (χ1n) is 5.20. The van der Waals surface area contributed by atoms with Crippen LogP contribution in [0.1, 0.15) is 16.7 Å². The zero-order valence-corrected chi connectivity index (χ0v) is 9.95. The minimum Gasteiger partial charge on any atom is -0.459 e. The minimum absolute atomic E-state index is 0.299. The summed E-state index contributed by atoms with van der Waals surface area (Å²) in [6.45, 7) is 0. The quantitative estimate of drug-likeness (QED) is 0.558. The van der Waals surface area contributed by atoms with Gasteiger partial charge < -0.3 is 4.42 Å². The molecule has 0 spiro atoms. The Morgan fingerprint density at radius 1 is 1.39 bits per heavy atom. The number of nitrogens with one attached hydrogen (secondary N) is 1. The molecule has 92 valence electrons. The highest BCUT2D eigenvalue weighted by molar-refractivity contribution is 7.05. The van der Waals surface area contributed by atoms with Crippen molar-refractivity contribution in [3.05, 3.63) is 46.9 Å². The Bertz CT molecular complexity index is 667. The SMILES string of the molecule is NNC(c1cc2cc(F)ccc2o1)c1cnns1. The second kappa shape index (κ2) is 4.45. The number of hydrogen-bond acceptors (Lipinski definition) is 6. The number of rotatable bonds is 3. The molecule has 3 N–H and O–H groups in total. The monoisotopic (exact) mass is 264 g/mol. The molecule has 3 aromatic rings. The third kappa shape index (κ3) is 1.88. The summed E-state index contributed by atoms with van der Waals surface area (Å²) in [7, 11) is 0. The van der Waals surface area contributed by atoms with E-state index in [1.807, 2.05) is 0 Å². The Kier molecular flexibility index (Phi) is 2.78. The Morgan fingerprint density at radius 3 is 3.00 bits per heavy atom. The molecule has 0 bridgehead atoms. The van der Waals surface area contributed by atoms with Gasteiger partial charge in [-0.05, 0) is 35.8 Å². The summed E-state index contributed by atoms with van der Waals surface area (Å²) < 4.78 is 22.5. The maximum Gasteiger partial charge on any atom is 0.134 e. The van der Waals surface area contributed by atoms with Gasteiger partial charge in [-0.25, -0.2) is 9.82 Å². The summed E-state index contributed by atoms with van der Waals surface area (Å²) in [6.07, 6.45) is 1.61. The van der Waals surface area contributed by atoms with Crippen molar-refractivity contribution >= 4 is 22.5 Å². The summed E-state index contributed by atoms with van der Waals surface area (Å²) in [5.74, 6) is 5.82. The largest absolute Gasteiger partial charge is 0.459 e. The van der Waals surface area contributed by atoms with Gasteiger partial charge in [0, 0.05) is 5.39 Å². The number of furan rings is 1. The smallest absolute Gasteiger partial charge is 0.134 e. The van der Waals surface area contributed by atoms with E-state index in [4.69, 9.17) is 10.3 Å². The fraction of sp³-hybridized carbons (Fsp3) is 0.0909. The number of aromatic nitrogens is 2. The summed E-state index contributed by atoms with van der Waals surface area (Å²) >= 11 is 1.23. The molecule has 1 unspecified atom stereocenters. The molecule has 0 aliphatic carbocycles. The molecular weight excluding hydrogens is 255 g/mol. The van der Waals surface area contributed by atoms with Crippen LogP contribution in [0.4, 0.5) is 4.39 Å². The molecular formula is C11H9FN4OS. The number of hydrogen-bond donors (Lipinski definition) is 2. The first-order valence-corrected chi connectivity index (χ1v) is 5.97. The first-order chi connectivity index (χ1) is 8.78. The molecule has 0 fully saturated rings. The number of halogens is 1. The summed E-state index contributed by atoms with van der Waals surface area (Å²) in [4.78, 5) is 0.831. The molecule has 0 amide bonds. The molecule has 2 aromatic heterocycles. The van der Waals surface area contributed by atoms with E-state index in [1.54, 1.807) is 18.3 Å². The van der Waals surface area contributed by atoms with Gasteiger partial charge in [-0.15, -0.1) is 5.10 Å². The van der Waals surface area contributed by atoms with E-state index in [0.29, 0.717) is 16.7 Å². The van der Waals surface area contributed by atoms with Crippen LogP contribution in [0, 0.1) is 5.82 Å². The van der Waals surface area contributed by atoms with E-state index in [-0.39, 0.29) is 11.9 Å². The molecule has 0 aliphatic rings. The molecule has 2 heterocycles. The average Bonchev–Trinajstić information content (AvgIpc) is 2.98. The van der Waals surface area contributed by atoms with E-state index < -0.39 is 0 Å². The summed E-state index contributed by atoms with van der Waals surface area (Å²) in [5, 5.41) is 4.45. The van der Waals surface area contributed by atoms with E-state index in [0.717, 1.165) is 4.88 Å². The molecule has 0 saturated carbocycles. The Labute approximate surface area is 106 Å². The molecule has 1 atom stereocenters. The highest BCUT2D eigenvalue weighted by Crippen LogP contribution is 2.29. The standard InChI is InChI=1S/C11H9FN4OS/c12-7-1-2-8-6(3-7)4-9(17-8)11(15-13)10-5-14-16-18-10/h1-5,11,15H,13H2. The predicted molar refractivity (Wildman–Crippen MR) is 65.2 cm³/mol. The van der Waals surface area contributed by atoms with Crippen molar-refractivity contribution in [3.8, 4) is 0 Å². The minimum atomic E-state index is -0.333. The third-order valence-electron chi connectivity index (χ3n) is 2.61. The van der Waals surface area contributed by atoms with Crippen molar-refractivity contribution in [3.63, 3.8) is 0 Å². The molecule has 0 radical (unpaired) electrons. The van der Waals surface area contributed by atoms with Gasteiger partial charge in [0.25, 0.3) is 0 Å². The van der Waals surface area contributed by atoms with Crippen molar-refractivity contribution in [2.75, 3.05) is 0 Å². The fourth-order valence-electron chi connectivity index (χ4n) is 1.78. The maximum atomic E-state index is 13.1. The lowest BCUT2D eigenvalue weighted by Gasteiger charge is -2.08. The van der Waals surface area contributed by atoms with Crippen molar-refractivity contribution in [1.82, 2.24) is 15.0 Å². The lowest BCUT2D eigenvalue weighted by atomic mass is 10.2. The van der Waals surface area contributed by atoms with Gasteiger partial charge in [-0.2, -0.15) is 0 Å². The Morgan fingerprint density at radius 2 is 2.28 bits per heavy atom. The van der Waals surface area contributed by atoms with Gasteiger partial charge in [0.05, 0.1) is 11.1 Å². The van der Waals surface area contributed by atoms with E-state index in [9.17, 15) is 4.39 Å². The predicted octanol–water partition coefficient (Wildman–Crippen LogP) is 1.98. The van der Waals surface area contributed by atoms with Crippen LogP contribution in [0.15, 0.2) is 34.9 Å². The van der Waals surface area contributed by atoms with Crippen LogP contribution in [0.2, 0.25) is 0 Å². The molecule has 0 aliphatic heterocycles. The zero-order valence-electron chi connectivity index (χ0n) is 9.13. The summed E-state index contributed by atoms with van der Waals surface area (Å²) in [5.41, 5.74) is 3.25. The lowest BCUT2D eigenvalue weighted by Crippen LogP contribution is -2.27. The number of fused-ring (bicyclic) bond motifs is 1. The molecule has 1 aromatic carbocycles. The van der Waals surface area contributed by atoms with Crippen LogP contribution in [-0.4, -0.2) is 9.59 Å². The van der Waals surface area contributed by atoms with Crippen LogP contribution in [0.5, 0.6) is 0 Å². The summed E-state index contributed by atoms with van der Waals surface area (Å²) in [6, 6.07) is 5.78. The number of nitrogens with two attached hydrogens (primary N) is 1. The molecule has 3 rings (SSSR count). The number of hydrazine groups is 1. The number of benzene rings is 1. The highest BCUT2D eigenvalue weighted by atomic mass is 32.1. The van der Waals surface area contributed by atoms with Crippen LogP contribution >= 0.6 is 11.5 Å². The molecule has 18 heavy (non-hydrogen) atoms. The van der Waals surface area contributed by atoms with Crippen molar-refractivity contribution in [1.29, 1.82) is 0 Å². The van der Waals surface area contributed by atoms with Crippen molar-refractivity contribution < 1.29 is 8.81 Å². The average molecular weight is 264 g/mol. The second-order valence-electron chi connectivity index (χ2n) is 3.75. The van der Waals surface area contributed by atoms with Crippen LogP contribution in [-0.2, 0) is 0 Å². The van der Waals surface area contributed by atoms with Gasteiger partial charge in [0.1, 0.15) is 23.2 Å². The Hall–Kier alpha value is -1.83. The van der Waals surface area contributed by atoms with Crippen LogP contribution in [0.25, 0.3) is 11.0 Å². The van der Waals surface area contributed by atoms with Gasteiger partial charge >= 0.3 is 0 Å². The van der Waals surface area contributed by atoms with E-state index >= 15 is 0 Å². The molecule has 0 saturated heterocycles. The zero-order chi connectivity index (χ0) is 12.5. The topological polar surface area (TPSA) is 77.0 Å². The van der Waals surface area contributed by atoms with Crippen molar-refractivity contribution in [2.45, 2.75) is 6.04 Å².